The zero-order valence-electron chi connectivity index (χ0n) is 20.8. The Morgan fingerprint density at radius 3 is 2.27 bits per heavy atom. The van der Waals surface area contributed by atoms with Crippen molar-refractivity contribution in [3.05, 3.63) is 66.2 Å². The van der Waals surface area contributed by atoms with Gasteiger partial charge >= 0.3 is 0 Å². The summed E-state index contributed by atoms with van der Waals surface area (Å²) in [6.07, 6.45) is -2.13. The Balaban J connectivity index is 1.66. The van der Waals surface area contributed by atoms with Crippen molar-refractivity contribution in [1.29, 1.82) is 0 Å². The Hall–Kier alpha value is -3.54. The second kappa shape index (κ2) is 11.2. The van der Waals surface area contributed by atoms with Crippen LogP contribution in [0.1, 0.15) is 18.6 Å². The van der Waals surface area contributed by atoms with Crippen molar-refractivity contribution in [3.8, 4) is 23.0 Å². The minimum atomic E-state index is -3.37. The summed E-state index contributed by atoms with van der Waals surface area (Å²) >= 11 is 1.34. The van der Waals surface area contributed by atoms with Crippen LogP contribution in [0.4, 0.5) is 5.13 Å². The van der Waals surface area contributed by atoms with E-state index in [2.05, 4.69) is 10.3 Å². The predicted molar refractivity (Wildman–Crippen MR) is 143 cm³/mol. The lowest BCUT2D eigenvalue weighted by Crippen LogP contribution is -2.31. The van der Waals surface area contributed by atoms with E-state index >= 15 is 0 Å². The van der Waals surface area contributed by atoms with Crippen LogP contribution in [0.2, 0.25) is 0 Å². The SMILES string of the molecule is CCS(=O)(=O)c1ccc(C(Oc2cccc(OC)c2)C(O)Nc2nc3cc(OC)c(OC)cc3s2)cc1. The summed E-state index contributed by atoms with van der Waals surface area (Å²) in [7, 11) is 1.30. The molecule has 0 saturated carbocycles. The lowest BCUT2D eigenvalue weighted by molar-refractivity contribution is 0.0539. The molecule has 0 aliphatic rings. The molecule has 9 nitrogen and oxygen atoms in total. The van der Waals surface area contributed by atoms with Gasteiger partial charge in [0.15, 0.2) is 38.8 Å². The number of hydrogen-bond acceptors (Lipinski definition) is 10. The fraction of sp³-hybridized carbons (Fsp3) is 0.269. The van der Waals surface area contributed by atoms with Gasteiger partial charge in [0, 0.05) is 18.2 Å². The number of rotatable bonds is 11. The molecule has 1 heterocycles. The van der Waals surface area contributed by atoms with E-state index in [-0.39, 0.29) is 10.6 Å². The van der Waals surface area contributed by atoms with Crippen molar-refractivity contribution in [1.82, 2.24) is 4.98 Å². The fourth-order valence-corrected chi connectivity index (χ4v) is 5.48. The highest BCUT2D eigenvalue weighted by Crippen LogP contribution is 2.37. The van der Waals surface area contributed by atoms with Crippen molar-refractivity contribution in [2.45, 2.75) is 24.2 Å². The zero-order chi connectivity index (χ0) is 26.6. The molecule has 11 heteroatoms. The molecule has 2 N–H and O–H groups in total. The molecule has 0 aliphatic heterocycles. The van der Waals surface area contributed by atoms with E-state index in [9.17, 15) is 13.5 Å². The lowest BCUT2D eigenvalue weighted by atomic mass is 10.1. The maximum Gasteiger partial charge on any atom is 0.185 e. The predicted octanol–water partition coefficient (Wildman–Crippen LogP) is 4.67. The average molecular weight is 545 g/mol. The number of ether oxygens (including phenoxy) is 4. The van der Waals surface area contributed by atoms with Gasteiger partial charge in [0.1, 0.15) is 11.5 Å². The third-order valence-corrected chi connectivity index (χ3v) is 8.40. The number of aliphatic hydroxyl groups excluding tert-OH is 1. The van der Waals surface area contributed by atoms with Crippen LogP contribution in [0, 0.1) is 0 Å². The first-order valence-electron chi connectivity index (χ1n) is 11.4. The first kappa shape index (κ1) is 26.5. The number of thiazole rings is 1. The molecule has 0 fully saturated rings. The van der Waals surface area contributed by atoms with Crippen LogP contribution in [0.5, 0.6) is 23.0 Å². The number of aliphatic hydroxyl groups is 1. The lowest BCUT2D eigenvalue weighted by Gasteiger charge is -2.25. The molecule has 2 atom stereocenters. The maximum atomic E-state index is 12.3. The normalized spacial score (nSPS) is 13.1. The maximum absolute atomic E-state index is 12.3. The van der Waals surface area contributed by atoms with E-state index in [0.29, 0.717) is 39.2 Å². The molecule has 3 aromatic carbocycles. The molecule has 0 spiro atoms. The highest BCUT2D eigenvalue weighted by molar-refractivity contribution is 7.91. The zero-order valence-corrected chi connectivity index (χ0v) is 22.4. The number of anilines is 1. The molecule has 37 heavy (non-hydrogen) atoms. The Kier molecular flexibility index (Phi) is 8.06. The molecule has 196 valence electrons. The molecular weight excluding hydrogens is 516 g/mol. The molecule has 0 radical (unpaired) electrons. The monoisotopic (exact) mass is 544 g/mol. The van der Waals surface area contributed by atoms with Gasteiger partial charge in [0.25, 0.3) is 0 Å². The van der Waals surface area contributed by atoms with Crippen molar-refractivity contribution in [2.75, 3.05) is 32.4 Å². The largest absolute Gasteiger partial charge is 0.497 e. The Labute approximate surface area is 219 Å². The molecular formula is C26H28N2O7S2. The van der Waals surface area contributed by atoms with Crippen LogP contribution in [-0.4, -0.2) is 51.8 Å². The summed E-state index contributed by atoms with van der Waals surface area (Å²) in [5, 5.41) is 14.7. The summed E-state index contributed by atoms with van der Waals surface area (Å²) < 4.78 is 47.5. The molecule has 0 bridgehead atoms. The van der Waals surface area contributed by atoms with Gasteiger partial charge in [-0.2, -0.15) is 0 Å². The molecule has 2 unspecified atom stereocenters. The molecule has 4 aromatic rings. The van der Waals surface area contributed by atoms with Crippen molar-refractivity contribution in [3.63, 3.8) is 0 Å². The Bertz CT molecular complexity index is 1430. The minimum Gasteiger partial charge on any atom is -0.497 e. The molecule has 4 rings (SSSR count). The van der Waals surface area contributed by atoms with E-state index in [1.807, 2.05) is 6.07 Å². The van der Waals surface area contributed by atoms with Crippen LogP contribution in [-0.2, 0) is 9.84 Å². The summed E-state index contributed by atoms with van der Waals surface area (Å²) in [6.45, 7) is 1.59. The first-order valence-corrected chi connectivity index (χ1v) is 13.9. The smallest absolute Gasteiger partial charge is 0.185 e. The summed E-state index contributed by atoms with van der Waals surface area (Å²) in [5.41, 5.74) is 1.25. The van der Waals surface area contributed by atoms with Gasteiger partial charge in [-0.1, -0.05) is 36.5 Å². The van der Waals surface area contributed by atoms with Crippen LogP contribution in [0.15, 0.2) is 65.6 Å². The van der Waals surface area contributed by atoms with Gasteiger partial charge < -0.3 is 29.4 Å². The van der Waals surface area contributed by atoms with Crippen molar-refractivity contribution in [2.24, 2.45) is 0 Å². The van der Waals surface area contributed by atoms with Gasteiger partial charge in [0.05, 0.1) is 42.2 Å². The van der Waals surface area contributed by atoms with Crippen LogP contribution in [0.25, 0.3) is 10.2 Å². The second-order valence-electron chi connectivity index (χ2n) is 7.97. The number of methoxy groups -OCH3 is 3. The van der Waals surface area contributed by atoms with Gasteiger partial charge in [-0.15, -0.1) is 0 Å². The van der Waals surface area contributed by atoms with Gasteiger partial charge in [-0.25, -0.2) is 13.4 Å². The number of hydrogen-bond donors (Lipinski definition) is 2. The Morgan fingerprint density at radius 2 is 1.62 bits per heavy atom. The van der Waals surface area contributed by atoms with Crippen molar-refractivity contribution >= 4 is 36.5 Å². The van der Waals surface area contributed by atoms with E-state index in [1.54, 1.807) is 70.7 Å². The number of aromatic nitrogens is 1. The highest BCUT2D eigenvalue weighted by Gasteiger charge is 2.26. The quantitative estimate of drug-likeness (QED) is 0.260. The molecule has 0 saturated heterocycles. The topological polar surface area (TPSA) is 116 Å². The summed E-state index contributed by atoms with van der Waals surface area (Å²) in [6, 6.07) is 16.9. The third-order valence-electron chi connectivity index (χ3n) is 5.70. The van der Waals surface area contributed by atoms with Gasteiger partial charge in [-0.3, -0.25) is 0 Å². The molecule has 0 aliphatic carbocycles. The number of sulfone groups is 1. The number of nitrogens with one attached hydrogen (secondary N) is 1. The number of nitrogens with zero attached hydrogens (tertiary/aromatic N) is 1. The van der Waals surface area contributed by atoms with Crippen LogP contribution >= 0.6 is 11.3 Å². The average Bonchev–Trinajstić information content (AvgIpc) is 3.31. The Morgan fingerprint density at radius 1 is 0.946 bits per heavy atom. The van der Waals surface area contributed by atoms with Gasteiger partial charge in [0.2, 0.25) is 0 Å². The molecule has 1 aromatic heterocycles. The van der Waals surface area contributed by atoms with E-state index in [4.69, 9.17) is 18.9 Å². The number of benzene rings is 3. The van der Waals surface area contributed by atoms with Crippen LogP contribution in [0.3, 0.4) is 0 Å². The van der Waals surface area contributed by atoms with Crippen LogP contribution < -0.4 is 24.3 Å². The standard InChI is InChI=1S/C26H28N2O7S2/c1-5-37(30,31)19-11-9-16(10-12-19)24(35-18-8-6-7-17(13-18)32-2)25(29)28-26-27-20-14-21(33-3)22(34-4)15-23(20)36-26/h6-15,24-25,29H,5H2,1-4H3,(H,27,28). The summed E-state index contributed by atoms with van der Waals surface area (Å²) in [5.74, 6) is 2.18. The van der Waals surface area contributed by atoms with Gasteiger partial charge in [-0.05, 0) is 29.8 Å². The second-order valence-corrected chi connectivity index (χ2v) is 11.3. The fourth-order valence-electron chi connectivity index (χ4n) is 3.69. The number of fused-ring (bicyclic) bond motifs is 1. The highest BCUT2D eigenvalue weighted by atomic mass is 32.2. The van der Waals surface area contributed by atoms with E-state index in [0.717, 1.165) is 4.70 Å². The molecule has 0 amide bonds. The third kappa shape index (κ3) is 5.90. The van der Waals surface area contributed by atoms with Crippen molar-refractivity contribution < 1.29 is 32.5 Å². The van der Waals surface area contributed by atoms with E-state index in [1.165, 1.54) is 23.5 Å². The van der Waals surface area contributed by atoms with E-state index < -0.39 is 22.2 Å². The minimum absolute atomic E-state index is 0.00650. The summed E-state index contributed by atoms with van der Waals surface area (Å²) in [4.78, 5) is 4.77. The first-order chi connectivity index (χ1) is 17.8.